The molecule has 0 fully saturated rings. The first-order chi connectivity index (χ1) is 6.25. The highest BCUT2D eigenvalue weighted by atomic mass is 32.1. The maximum Gasteiger partial charge on any atom is 0.132 e. The van der Waals surface area contributed by atoms with Crippen LogP contribution in [0.2, 0.25) is 0 Å². The zero-order valence-corrected chi connectivity index (χ0v) is 7.75. The van der Waals surface area contributed by atoms with Gasteiger partial charge >= 0.3 is 0 Å². The summed E-state index contributed by atoms with van der Waals surface area (Å²) in [6.07, 6.45) is 4.95. The summed E-state index contributed by atoms with van der Waals surface area (Å²) in [6, 6.07) is 0. The van der Waals surface area contributed by atoms with Crippen molar-refractivity contribution in [3.63, 3.8) is 0 Å². The average molecular weight is 193 g/mol. The predicted molar refractivity (Wildman–Crippen MR) is 49.4 cm³/mol. The van der Waals surface area contributed by atoms with Gasteiger partial charge in [0.1, 0.15) is 16.0 Å². The lowest BCUT2D eigenvalue weighted by molar-refractivity contribution is 0.655. The summed E-state index contributed by atoms with van der Waals surface area (Å²) in [6.45, 7) is 0. The monoisotopic (exact) mass is 193 g/mol. The first-order valence-corrected chi connectivity index (χ1v) is 4.08. The van der Waals surface area contributed by atoms with Crippen LogP contribution in [-0.2, 0) is 7.05 Å². The molecule has 0 aliphatic heterocycles. The van der Waals surface area contributed by atoms with Crippen LogP contribution in [0.15, 0.2) is 18.6 Å². The van der Waals surface area contributed by atoms with Gasteiger partial charge < -0.3 is 4.98 Å². The van der Waals surface area contributed by atoms with Crippen LogP contribution in [0.4, 0.5) is 0 Å². The van der Waals surface area contributed by atoms with Crippen molar-refractivity contribution in [2.45, 2.75) is 0 Å². The molecule has 66 valence electrons. The van der Waals surface area contributed by atoms with Gasteiger partial charge in [-0.3, -0.25) is 0 Å². The fourth-order valence-corrected chi connectivity index (χ4v) is 1.06. The molecule has 0 aliphatic rings. The van der Waals surface area contributed by atoms with Crippen LogP contribution < -0.4 is 0 Å². The van der Waals surface area contributed by atoms with Gasteiger partial charge in [-0.15, -0.1) is 0 Å². The summed E-state index contributed by atoms with van der Waals surface area (Å²) in [5, 5.41) is 8.04. The highest BCUT2D eigenvalue weighted by Crippen LogP contribution is 2.09. The van der Waals surface area contributed by atoms with E-state index >= 15 is 0 Å². The number of H-pyrrole nitrogens is 1. The molecule has 5 nitrogen and oxygen atoms in total. The maximum absolute atomic E-state index is 4.87. The van der Waals surface area contributed by atoms with Gasteiger partial charge in [0.05, 0.1) is 12.4 Å². The third-order valence-corrected chi connectivity index (χ3v) is 1.76. The zero-order chi connectivity index (χ0) is 9.26. The van der Waals surface area contributed by atoms with Gasteiger partial charge in [0.2, 0.25) is 0 Å². The zero-order valence-electron chi connectivity index (χ0n) is 6.93. The molecule has 0 bridgehead atoms. The molecule has 0 aromatic carbocycles. The number of aromatic amines is 1. The Bertz CT molecular complexity index is 451. The van der Waals surface area contributed by atoms with Crippen molar-refractivity contribution in [1.29, 1.82) is 0 Å². The Labute approximate surface area is 79.4 Å². The first-order valence-electron chi connectivity index (χ1n) is 3.67. The van der Waals surface area contributed by atoms with Gasteiger partial charge in [-0.05, 0) is 0 Å². The molecule has 0 saturated heterocycles. The van der Waals surface area contributed by atoms with Crippen molar-refractivity contribution in [2.75, 3.05) is 0 Å². The molecule has 6 heteroatoms. The number of nitrogens with zero attached hydrogens (tertiary/aromatic N) is 4. The molecule has 0 atom stereocenters. The van der Waals surface area contributed by atoms with Gasteiger partial charge in [0.25, 0.3) is 0 Å². The molecule has 0 aliphatic carbocycles. The van der Waals surface area contributed by atoms with Gasteiger partial charge in [-0.25, -0.2) is 4.98 Å². The minimum atomic E-state index is 0.604. The van der Waals surface area contributed by atoms with E-state index in [2.05, 4.69) is 20.2 Å². The Morgan fingerprint density at radius 2 is 2.23 bits per heavy atom. The minimum Gasteiger partial charge on any atom is -0.349 e. The molecule has 13 heavy (non-hydrogen) atoms. The molecule has 0 spiro atoms. The van der Waals surface area contributed by atoms with Gasteiger partial charge in [0, 0.05) is 13.2 Å². The number of hydrogen-bond acceptors (Lipinski definition) is 4. The lowest BCUT2D eigenvalue weighted by Crippen LogP contribution is -1.92. The van der Waals surface area contributed by atoms with E-state index in [-0.39, 0.29) is 0 Å². The average Bonchev–Trinajstić information content (AvgIpc) is 2.53. The van der Waals surface area contributed by atoms with E-state index in [0.717, 1.165) is 11.4 Å². The van der Waals surface area contributed by atoms with E-state index in [1.165, 1.54) is 4.80 Å². The van der Waals surface area contributed by atoms with Crippen LogP contribution >= 0.6 is 12.2 Å². The van der Waals surface area contributed by atoms with Crippen LogP contribution in [0.3, 0.4) is 0 Å². The van der Waals surface area contributed by atoms with Crippen LogP contribution in [0.25, 0.3) is 11.4 Å². The van der Waals surface area contributed by atoms with Crippen molar-refractivity contribution in [1.82, 2.24) is 25.0 Å². The van der Waals surface area contributed by atoms with E-state index in [0.29, 0.717) is 4.64 Å². The van der Waals surface area contributed by atoms with Gasteiger partial charge in [0.15, 0.2) is 0 Å². The summed E-state index contributed by atoms with van der Waals surface area (Å²) in [4.78, 5) is 8.48. The van der Waals surface area contributed by atoms with Crippen molar-refractivity contribution in [2.24, 2.45) is 7.05 Å². The molecule has 0 unspecified atom stereocenters. The van der Waals surface area contributed by atoms with Crippen LogP contribution in [-0.4, -0.2) is 25.0 Å². The van der Waals surface area contributed by atoms with Crippen molar-refractivity contribution in [3.8, 4) is 11.4 Å². The van der Waals surface area contributed by atoms with E-state index in [1.807, 2.05) is 0 Å². The Balaban J connectivity index is 2.47. The van der Waals surface area contributed by atoms with E-state index in [1.54, 1.807) is 25.6 Å². The number of nitrogens with one attached hydrogen (secondary N) is 1. The van der Waals surface area contributed by atoms with E-state index < -0.39 is 0 Å². The lowest BCUT2D eigenvalue weighted by Gasteiger charge is -1.92. The number of aromatic nitrogens is 5. The van der Waals surface area contributed by atoms with E-state index in [9.17, 15) is 0 Å². The number of aryl methyl sites for hydroxylation is 1. The molecule has 2 rings (SSSR count). The van der Waals surface area contributed by atoms with Crippen LogP contribution in [0, 0.1) is 4.64 Å². The molecule has 2 heterocycles. The second-order valence-electron chi connectivity index (χ2n) is 2.52. The number of rotatable bonds is 1. The van der Waals surface area contributed by atoms with Crippen molar-refractivity contribution >= 4 is 12.2 Å². The predicted octanol–water partition coefficient (Wildman–Crippen LogP) is 0.935. The molecule has 0 amide bonds. The molecule has 2 aromatic heterocycles. The third kappa shape index (κ3) is 1.62. The fourth-order valence-electron chi connectivity index (χ4n) is 0.945. The van der Waals surface area contributed by atoms with Gasteiger partial charge in [-0.1, -0.05) is 12.2 Å². The Morgan fingerprint density at radius 3 is 2.77 bits per heavy atom. The minimum absolute atomic E-state index is 0.604. The Hall–Kier alpha value is -1.56. The number of hydrogen-bond donors (Lipinski definition) is 1. The molecule has 0 radical (unpaired) electrons. The van der Waals surface area contributed by atoms with Crippen LogP contribution in [0.5, 0.6) is 0 Å². The highest BCUT2D eigenvalue weighted by molar-refractivity contribution is 7.71. The van der Waals surface area contributed by atoms with Crippen molar-refractivity contribution in [3.05, 3.63) is 23.2 Å². The second-order valence-corrected chi connectivity index (χ2v) is 2.96. The standard InChI is InChI=1S/C7H7N5S/c1-12-10-3-6(11-12)5-2-9-7(13)4-8-5/h2-4H,1H3,(H,9,13). The Morgan fingerprint density at radius 1 is 1.38 bits per heavy atom. The third-order valence-electron chi connectivity index (χ3n) is 1.53. The quantitative estimate of drug-likeness (QED) is 0.684. The lowest BCUT2D eigenvalue weighted by atomic mass is 10.3. The molecular weight excluding hydrogens is 186 g/mol. The molecule has 0 saturated carbocycles. The molecule has 2 aromatic rings. The fraction of sp³-hybridized carbons (Fsp3) is 0.143. The van der Waals surface area contributed by atoms with Crippen molar-refractivity contribution < 1.29 is 0 Å². The SMILES string of the molecule is Cn1ncc(-c2c[nH]c(=S)cn2)n1. The smallest absolute Gasteiger partial charge is 0.132 e. The summed E-state index contributed by atoms with van der Waals surface area (Å²) in [7, 11) is 1.76. The highest BCUT2D eigenvalue weighted by Gasteiger charge is 2.01. The summed E-state index contributed by atoms with van der Waals surface area (Å²) in [5.41, 5.74) is 1.47. The van der Waals surface area contributed by atoms with E-state index in [4.69, 9.17) is 12.2 Å². The van der Waals surface area contributed by atoms with Gasteiger partial charge in [-0.2, -0.15) is 15.0 Å². The summed E-state index contributed by atoms with van der Waals surface area (Å²) >= 11 is 4.87. The Kier molecular flexibility index (Phi) is 1.90. The summed E-state index contributed by atoms with van der Waals surface area (Å²) in [5.74, 6) is 0. The topological polar surface area (TPSA) is 59.4 Å². The van der Waals surface area contributed by atoms with Crippen LogP contribution in [0.1, 0.15) is 0 Å². The first kappa shape index (κ1) is 8.06. The largest absolute Gasteiger partial charge is 0.349 e. The molecular formula is C7H7N5S. The molecule has 1 N–H and O–H groups in total. The summed E-state index contributed by atoms with van der Waals surface area (Å²) < 4.78 is 0.604. The maximum atomic E-state index is 4.87. The normalized spacial score (nSPS) is 10.2. The second kappa shape index (κ2) is 3.06.